The summed E-state index contributed by atoms with van der Waals surface area (Å²) in [6.07, 6.45) is 2.58. The van der Waals surface area contributed by atoms with Gasteiger partial charge in [-0.15, -0.1) is 0 Å². The molecule has 124 valence electrons. The van der Waals surface area contributed by atoms with E-state index >= 15 is 0 Å². The molecule has 1 fully saturated rings. The van der Waals surface area contributed by atoms with E-state index in [1.807, 2.05) is 42.5 Å². The van der Waals surface area contributed by atoms with Gasteiger partial charge in [0.2, 0.25) is 6.10 Å². The minimum absolute atomic E-state index is 0.0717. The molecule has 1 saturated heterocycles. The molecule has 2 heterocycles. The molecule has 4 rings (SSSR count). The molecule has 0 aliphatic carbocycles. The van der Waals surface area contributed by atoms with Gasteiger partial charge in [0, 0.05) is 18.1 Å². The Morgan fingerprint density at radius 1 is 0.960 bits per heavy atom. The van der Waals surface area contributed by atoms with Crippen molar-refractivity contribution in [1.29, 1.82) is 0 Å². The van der Waals surface area contributed by atoms with Gasteiger partial charge in [-0.3, -0.25) is 14.7 Å². The van der Waals surface area contributed by atoms with E-state index in [0.717, 1.165) is 11.3 Å². The van der Waals surface area contributed by atoms with E-state index in [-0.39, 0.29) is 17.7 Å². The first kappa shape index (κ1) is 15.3. The molecule has 1 amide bonds. The van der Waals surface area contributed by atoms with Gasteiger partial charge in [0.25, 0.3) is 5.91 Å². The fourth-order valence-corrected chi connectivity index (χ4v) is 3.01. The van der Waals surface area contributed by atoms with Crippen molar-refractivity contribution < 1.29 is 13.9 Å². The Morgan fingerprint density at radius 2 is 1.72 bits per heavy atom. The number of carbonyl (C=O) groups excluding carboxylic acids is 1. The minimum Gasteiger partial charge on any atom is -0.475 e. The van der Waals surface area contributed by atoms with Crippen LogP contribution in [0.4, 0.5) is 10.1 Å². The summed E-state index contributed by atoms with van der Waals surface area (Å²) in [6, 6.07) is 18.8. The number of amides is 1. The number of para-hydroxylation sites is 2. The van der Waals surface area contributed by atoms with Gasteiger partial charge < -0.3 is 4.74 Å². The number of nitrogens with zero attached hydrogens (tertiary/aromatic N) is 2. The summed E-state index contributed by atoms with van der Waals surface area (Å²) in [6.45, 7) is 0. The van der Waals surface area contributed by atoms with Gasteiger partial charge in [-0.25, -0.2) is 4.39 Å². The van der Waals surface area contributed by atoms with E-state index in [9.17, 15) is 9.18 Å². The molecule has 25 heavy (non-hydrogen) atoms. The van der Waals surface area contributed by atoms with Crippen LogP contribution in [0.15, 0.2) is 79.1 Å². The molecule has 1 aliphatic heterocycles. The number of rotatable bonds is 4. The van der Waals surface area contributed by atoms with Crippen LogP contribution in [0.25, 0.3) is 0 Å². The highest BCUT2D eigenvalue weighted by atomic mass is 19.1. The van der Waals surface area contributed by atoms with Crippen molar-refractivity contribution in [1.82, 2.24) is 4.98 Å². The molecule has 5 heteroatoms. The smallest absolute Gasteiger partial charge is 0.271 e. The molecule has 0 N–H and O–H groups in total. The van der Waals surface area contributed by atoms with Crippen LogP contribution in [0.2, 0.25) is 0 Å². The summed E-state index contributed by atoms with van der Waals surface area (Å²) in [4.78, 5) is 18.5. The van der Waals surface area contributed by atoms with Crippen LogP contribution in [0.5, 0.6) is 5.75 Å². The van der Waals surface area contributed by atoms with Gasteiger partial charge >= 0.3 is 0 Å². The second-order valence-electron chi connectivity index (χ2n) is 5.74. The van der Waals surface area contributed by atoms with E-state index in [1.165, 1.54) is 12.1 Å². The molecule has 0 unspecified atom stereocenters. The van der Waals surface area contributed by atoms with E-state index < -0.39 is 11.9 Å². The number of benzene rings is 2. The number of carbonyl (C=O) groups is 1. The third-order valence-corrected chi connectivity index (χ3v) is 4.20. The summed E-state index contributed by atoms with van der Waals surface area (Å²) >= 11 is 0. The standard InChI is InChI=1S/C20H15FN2O2/c21-16-10-4-5-11-17(16)25-19-18(14-7-6-12-22-13-14)23(20(19)24)15-8-2-1-3-9-15/h1-13,18-19H/t18-,19-/m1/s1. The van der Waals surface area contributed by atoms with Crippen molar-refractivity contribution in [3.8, 4) is 5.75 Å². The summed E-state index contributed by atoms with van der Waals surface area (Å²) in [7, 11) is 0. The lowest BCUT2D eigenvalue weighted by Gasteiger charge is -2.46. The zero-order valence-electron chi connectivity index (χ0n) is 13.2. The zero-order chi connectivity index (χ0) is 17.2. The van der Waals surface area contributed by atoms with Crippen LogP contribution >= 0.6 is 0 Å². The Labute approximate surface area is 144 Å². The molecule has 0 spiro atoms. The van der Waals surface area contributed by atoms with Crippen LogP contribution in [-0.2, 0) is 4.79 Å². The van der Waals surface area contributed by atoms with Crippen LogP contribution in [-0.4, -0.2) is 17.0 Å². The monoisotopic (exact) mass is 334 g/mol. The number of β-lactam (4-membered cyclic amide) rings is 1. The third kappa shape index (κ3) is 2.74. The number of hydrogen-bond acceptors (Lipinski definition) is 3. The van der Waals surface area contributed by atoms with E-state index in [4.69, 9.17) is 4.74 Å². The number of hydrogen-bond donors (Lipinski definition) is 0. The minimum atomic E-state index is -0.790. The predicted octanol–water partition coefficient (Wildman–Crippen LogP) is 3.76. The molecule has 0 radical (unpaired) electrons. The van der Waals surface area contributed by atoms with Gasteiger partial charge in [-0.05, 0) is 35.9 Å². The van der Waals surface area contributed by atoms with Crippen molar-refractivity contribution in [2.75, 3.05) is 4.90 Å². The SMILES string of the molecule is O=C1[C@H](Oc2ccccc2F)[C@@H](c2cccnc2)N1c1ccccc1. The van der Waals surface area contributed by atoms with Crippen molar-refractivity contribution in [3.05, 3.63) is 90.5 Å². The number of anilines is 1. The first-order chi connectivity index (χ1) is 12.3. The van der Waals surface area contributed by atoms with Gasteiger partial charge in [0.15, 0.2) is 11.6 Å². The van der Waals surface area contributed by atoms with Crippen molar-refractivity contribution in [2.45, 2.75) is 12.1 Å². The molecule has 1 aliphatic rings. The Morgan fingerprint density at radius 3 is 2.44 bits per heavy atom. The molecular formula is C20H15FN2O2. The highest BCUT2D eigenvalue weighted by Crippen LogP contribution is 2.41. The van der Waals surface area contributed by atoms with Crippen molar-refractivity contribution >= 4 is 11.6 Å². The van der Waals surface area contributed by atoms with Gasteiger partial charge in [-0.2, -0.15) is 0 Å². The Hall–Kier alpha value is -3.21. The van der Waals surface area contributed by atoms with Crippen molar-refractivity contribution in [2.24, 2.45) is 0 Å². The highest BCUT2D eigenvalue weighted by molar-refractivity contribution is 6.05. The fourth-order valence-electron chi connectivity index (χ4n) is 3.01. The first-order valence-electron chi connectivity index (χ1n) is 7.95. The molecule has 2 atom stereocenters. The lowest BCUT2D eigenvalue weighted by atomic mass is 9.90. The second-order valence-corrected chi connectivity index (χ2v) is 5.74. The van der Waals surface area contributed by atoms with E-state index in [0.29, 0.717) is 0 Å². The third-order valence-electron chi connectivity index (χ3n) is 4.20. The maximum atomic E-state index is 13.9. The Kier molecular flexibility index (Phi) is 3.90. The maximum absolute atomic E-state index is 13.9. The molecule has 0 saturated carbocycles. The van der Waals surface area contributed by atoms with Crippen LogP contribution in [0, 0.1) is 5.82 Å². The number of halogens is 1. The zero-order valence-corrected chi connectivity index (χ0v) is 13.2. The lowest BCUT2D eigenvalue weighted by Crippen LogP contribution is -2.61. The van der Waals surface area contributed by atoms with Crippen LogP contribution in [0.3, 0.4) is 0 Å². The van der Waals surface area contributed by atoms with E-state index in [2.05, 4.69) is 4.98 Å². The maximum Gasteiger partial charge on any atom is 0.271 e. The summed E-state index contributed by atoms with van der Waals surface area (Å²) in [5.41, 5.74) is 1.61. The summed E-state index contributed by atoms with van der Waals surface area (Å²) in [5, 5.41) is 0. The Bertz CT molecular complexity index is 886. The van der Waals surface area contributed by atoms with Crippen LogP contribution < -0.4 is 9.64 Å². The average molecular weight is 334 g/mol. The number of ether oxygens (including phenoxy) is 1. The predicted molar refractivity (Wildman–Crippen MR) is 91.7 cm³/mol. The first-order valence-corrected chi connectivity index (χ1v) is 7.95. The molecule has 0 bridgehead atoms. The normalized spacial score (nSPS) is 19.4. The largest absolute Gasteiger partial charge is 0.475 e. The highest BCUT2D eigenvalue weighted by Gasteiger charge is 2.51. The van der Waals surface area contributed by atoms with Gasteiger partial charge in [-0.1, -0.05) is 36.4 Å². The van der Waals surface area contributed by atoms with Gasteiger partial charge in [0.1, 0.15) is 6.04 Å². The fraction of sp³-hybridized carbons (Fsp3) is 0.100. The summed E-state index contributed by atoms with van der Waals surface area (Å²) in [5.74, 6) is -0.621. The van der Waals surface area contributed by atoms with Gasteiger partial charge in [0.05, 0.1) is 0 Å². The number of pyridine rings is 1. The van der Waals surface area contributed by atoms with Crippen LogP contribution in [0.1, 0.15) is 11.6 Å². The summed E-state index contributed by atoms with van der Waals surface area (Å²) < 4.78 is 19.6. The number of aromatic nitrogens is 1. The molecular weight excluding hydrogens is 319 g/mol. The lowest BCUT2D eigenvalue weighted by molar-refractivity contribution is -0.135. The average Bonchev–Trinajstić information content (AvgIpc) is 2.66. The Balaban J connectivity index is 1.69. The molecule has 1 aromatic heterocycles. The molecule has 2 aromatic carbocycles. The van der Waals surface area contributed by atoms with E-state index in [1.54, 1.807) is 29.4 Å². The molecule has 3 aromatic rings. The quantitative estimate of drug-likeness (QED) is 0.682. The topological polar surface area (TPSA) is 42.4 Å². The molecule has 4 nitrogen and oxygen atoms in total. The van der Waals surface area contributed by atoms with Crippen molar-refractivity contribution in [3.63, 3.8) is 0 Å². The second kappa shape index (κ2) is 6.36.